The molecule has 0 aliphatic carbocycles. The smallest absolute Gasteiger partial charge is 0.274 e. The number of hydrogen-bond donors (Lipinski definition) is 0. The second-order valence-electron chi connectivity index (χ2n) is 6.94. The van der Waals surface area contributed by atoms with Gasteiger partial charge < -0.3 is 4.74 Å². The third-order valence-electron chi connectivity index (χ3n) is 5.11. The van der Waals surface area contributed by atoms with Crippen LogP contribution in [0.4, 0.5) is 0 Å². The molecule has 0 spiro atoms. The summed E-state index contributed by atoms with van der Waals surface area (Å²) >= 11 is 6.69. The fourth-order valence-corrected chi connectivity index (χ4v) is 4.02. The predicted molar refractivity (Wildman–Crippen MR) is 102 cm³/mol. The number of carbonyl (C=O) groups excluding carboxylic acids is 2. The van der Waals surface area contributed by atoms with Crippen LogP contribution in [0.2, 0.25) is 0 Å². The number of alkyl halides is 1. The molecule has 0 aromatic heterocycles. The molecule has 2 aromatic rings. The van der Waals surface area contributed by atoms with Crippen LogP contribution in [-0.4, -0.2) is 48.1 Å². The monoisotopic (exact) mass is 567 g/mol. The van der Waals surface area contributed by atoms with Gasteiger partial charge in [0.25, 0.3) is 11.8 Å². The minimum absolute atomic E-state index is 0. The van der Waals surface area contributed by atoms with E-state index < -0.39 is 16.7 Å². The normalized spacial score (nSPS) is 18.5. The Balaban J connectivity index is 0.00000225. The zero-order valence-corrected chi connectivity index (χ0v) is 19.4. The molecule has 0 saturated carbocycles. The van der Waals surface area contributed by atoms with Crippen molar-refractivity contribution in [2.24, 2.45) is 0 Å². The Morgan fingerprint density at radius 2 is 1.57 bits per heavy atom. The van der Waals surface area contributed by atoms with Crippen molar-refractivity contribution in [3.8, 4) is 11.1 Å². The van der Waals surface area contributed by atoms with E-state index in [2.05, 4.69) is 6.07 Å². The minimum atomic E-state index is -1.76. The molecule has 2 aliphatic heterocycles. The summed E-state index contributed by atoms with van der Waals surface area (Å²) in [6.45, 7) is 5.31. The predicted octanol–water partition coefficient (Wildman–Crippen LogP) is 2.82. The molecule has 0 atom stereocenters. The molecule has 28 heavy (non-hydrogen) atoms. The van der Waals surface area contributed by atoms with Gasteiger partial charge in [0.15, 0.2) is 0 Å². The summed E-state index contributed by atoms with van der Waals surface area (Å²) in [6.07, 6.45) is 0. The molecular formula is C21H20ClN2O3W-. The maximum absolute atomic E-state index is 13.0. The zero-order chi connectivity index (χ0) is 19.2. The third-order valence-corrected chi connectivity index (χ3v) is 5.62. The second-order valence-corrected chi connectivity index (χ2v) is 7.51. The quantitative estimate of drug-likeness (QED) is 0.319. The molecule has 2 fully saturated rings. The zero-order valence-electron chi connectivity index (χ0n) is 15.7. The molecule has 0 unspecified atom stereocenters. The van der Waals surface area contributed by atoms with Crippen molar-refractivity contribution in [3.05, 3.63) is 59.2 Å². The number of rotatable bonds is 2. The maximum atomic E-state index is 13.0. The van der Waals surface area contributed by atoms with Gasteiger partial charge in [-0.25, -0.2) is 10.0 Å². The topological polar surface area (TPSA) is 49.9 Å². The number of hydrazine groups is 1. The van der Waals surface area contributed by atoms with Gasteiger partial charge in [-0.3, -0.25) is 9.59 Å². The van der Waals surface area contributed by atoms with E-state index in [1.165, 1.54) is 15.6 Å². The van der Waals surface area contributed by atoms with E-state index in [4.69, 9.17) is 16.3 Å². The van der Waals surface area contributed by atoms with Crippen LogP contribution in [0.15, 0.2) is 36.4 Å². The van der Waals surface area contributed by atoms with Gasteiger partial charge in [0, 0.05) is 21.1 Å². The van der Waals surface area contributed by atoms with E-state index >= 15 is 0 Å². The van der Waals surface area contributed by atoms with Gasteiger partial charge in [-0.05, 0) is 6.92 Å². The van der Waals surface area contributed by atoms with Crippen LogP contribution in [0.1, 0.15) is 16.7 Å². The second kappa shape index (κ2) is 7.98. The first-order valence-electron chi connectivity index (χ1n) is 8.93. The van der Waals surface area contributed by atoms with Crippen molar-refractivity contribution < 1.29 is 35.4 Å². The molecule has 4 rings (SSSR count). The summed E-state index contributed by atoms with van der Waals surface area (Å²) in [5, 5.41) is 2.81. The first-order chi connectivity index (χ1) is 12.9. The Bertz CT molecular complexity index is 892. The van der Waals surface area contributed by atoms with Gasteiger partial charge in [0.2, 0.25) is 4.87 Å². The molecular weight excluding hydrogens is 548 g/mol. The van der Waals surface area contributed by atoms with E-state index in [0.29, 0.717) is 31.9 Å². The van der Waals surface area contributed by atoms with Crippen LogP contribution >= 0.6 is 11.6 Å². The van der Waals surface area contributed by atoms with Gasteiger partial charge in [-0.2, -0.15) is 23.8 Å². The number of nitrogens with zero attached hydrogens (tertiary/aromatic N) is 2. The molecule has 0 radical (unpaired) electrons. The SMILES string of the molecule is Cc1ccc(-c2c[c-]c(C3(Cl)C(=O)N4CCOCCN4C3=O)c(C)c2)cc1.[W]. The van der Waals surface area contributed by atoms with E-state index in [1.54, 1.807) is 6.07 Å². The Hall–Kier alpha value is -1.68. The van der Waals surface area contributed by atoms with Crippen LogP contribution in [0.3, 0.4) is 0 Å². The van der Waals surface area contributed by atoms with E-state index in [0.717, 1.165) is 16.7 Å². The van der Waals surface area contributed by atoms with Crippen molar-refractivity contribution in [1.29, 1.82) is 0 Å². The summed E-state index contributed by atoms with van der Waals surface area (Å²) < 4.78 is 5.36. The van der Waals surface area contributed by atoms with Crippen LogP contribution in [-0.2, 0) is 40.3 Å². The summed E-state index contributed by atoms with van der Waals surface area (Å²) in [5.74, 6) is -0.857. The molecule has 2 saturated heterocycles. The van der Waals surface area contributed by atoms with Gasteiger partial charge in [0.05, 0.1) is 26.3 Å². The molecule has 2 aliphatic rings. The number of fused-ring (bicyclic) bond motifs is 1. The third kappa shape index (κ3) is 3.30. The molecule has 5 nitrogen and oxygen atoms in total. The Morgan fingerprint density at radius 3 is 2.11 bits per heavy atom. The van der Waals surface area contributed by atoms with Gasteiger partial charge in [-0.15, -0.1) is 11.1 Å². The first kappa shape index (κ1) is 21.0. The van der Waals surface area contributed by atoms with Crippen LogP contribution in [0, 0.1) is 19.9 Å². The van der Waals surface area contributed by atoms with Crippen molar-refractivity contribution in [2.45, 2.75) is 18.7 Å². The molecule has 2 aromatic carbocycles. The molecule has 2 amide bonds. The Labute approximate surface area is 183 Å². The van der Waals surface area contributed by atoms with E-state index in [1.807, 2.05) is 44.2 Å². The summed E-state index contributed by atoms with van der Waals surface area (Å²) in [5.41, 5.74) is 4.39. The molecule has 7 heteroatoms. The molecule has 0 bridgehead atoms. The summed E-state index contributed by atoms with van der Waals surface area (Å²) in [7, 11) is 0. The minimum Gasteiger partial charge on any atom is -0.378 e. The number of halogens is 1. The van der Waals surface area contributed by atoms with E-state index in [9.17, 15) is 9.59 Å². The number of amides is 2. The van der Waals surface area contributed by atoms with Crippen molar-refractivity contribution in [2.75, 3.05) is 26.3 Å². The molecule has 0 N–H and O–H groups in total. The van der Waals surface area contributed by atoms with Crippen molar-refractivity contribution in [1.82, 2.24) is 10.0 Å². The number of ether oxygens (including phenoxy) is 1. The van der Waals surface area contributed by atoms with Crippen molar-refractivity contribution >= 4 is 23.4 Å². The average molecular weight is 568 g/mol. The molecule has 2 heterocycles. The van der Waals surface area contributed by atoms with Gasteiger partial charge in [-0.1, -0.05) is 53.9 Å². The Morgan fingerprint density at radius 1 is 1.00 bits per heavy atom. The number of benzene rings is 2. The van der Waals surface area contributed by atoms with Crippen LogP contribution < -0.4 is 0 Å². The standard InChI is InChI=1S/C21H20ClN2O3.W/c1-14-3-5-16(6-4-14)17-7-8-18(15(2)13-17)21(22)19(25)23-9-11-27-12-10-24(23)20(21)26;/h3-7,13H,9-12H2,1-2H3;/q-1;. The number of hydrogen-bond acceptors (Lipinski definition) is 3. The number of aryl methyl sites for hydroxylation is 2. The maximum Gasteiger partial charge on any atom is 0.274 e. The van der Waals surface area contributed by atoms with Gasteiger partial charge in [0.1, 0.15) is 0 Å². The average Bonchev–Trinajstić information content (AvgIpc) is 2.84. The fourth-order valence-electron chi connectivity index (χ4n) is 3.62. The van der Waals surface area contributed by atoms with E-state index in [-0.39, 0.29) is 21.1 Å². The van der Waals surface area contributed by atoms with Crippen LogP contribution in [0.25, 0.3) is 11.1 Å². The largest absolute Gasteiger partial charge is 0.378 e. The molecule has 146 valence electrons. The van der Waals surface area contributed by atoms with Crippen LogP contribution in [0.5, 0.6) is 0 Å². The Kier molecular flexibility index (Phi) is 6.00. The summed E-state index contributed by atoms with van der Waals surface area (Å²) in [6, 6.07) is 15.0. The van der Waals surface area contributed by atoms with Crippen molar-refractivity contribution in [3.63, 3.8) is 0 Å². The summed E-state index contributed by atoms with van der Waals surface area (Å²) in [4.78, 5) is 24.3. The first-order valence-corrected chi connectivity index (χ1v) is 9.31. The number of carbonyl (C=O) groups is 2. The fraction of sp³-hybridized carbons (Fsp3) is 0.333. The van der Waals surface area contributed by atoms with Gasteiger partial charge >= 0.3 is 0 Å².